The minimum Gasteiger partial charge on any atom is -0.497 e. The van der Waals surface area contributed by atoms with E-state index in [-0.39, 0.29) is 5.91 Å². The van der Waals surface area contributed by atoms with Crippen LogP contribution in [-0.2, 0) is 6.54 Å². The van der Waals surface area contributed by atoms with E-state index in [1.165, 1.54) is 0 Å². The summed E-state index contributed by atoms with van der Waals surface area (Å²) in [5.41, 5.74) is 1.46. The maximum Gasteiger partial charge on any atom is 0.272 e. The summed E-state index contributed by atoms with van der Waals surface area (Å²) in [4.78, 5) is 11.8. The fourth-order valence-corrected chi connectivity index (χ4v) is 1.97. The summed E-state index contributed by atoms with van der Waals surface area (Å²) < 4.78 is 5.12. The van der Waals surface area contributed by atoms with Crippen molar-refractivity contribution in [3.8, 4) is 5.75 Å². The minimum absolute atomic E-state index is 0.156. The highest BCUT2D eigenvalue weighted by atomic mass is 16.5. The van der Waals surface area contributed by atoms with Gasteiger partial charge in [0.2, 0.25) is 0 Å². The molecule has 6 nitrogen and oxygen atoms in total. The predicted octanol–water partition coefficient (Wildman–Crippen LogP) is 1.99. The number of carbonyl (C=O) groups is 1. The van der Waals surface area contributed by atoms with E-state index in [2.05, 4.69) is 20.8 Å². The van der Waals surface area contributed by atoms with Gasteiger partial charge in [0.25, 0.3) is 5.91 Å². The number of methoxy groups -OCH3 is 1. The molecule has 22 heavy (non-hydrogen) atoms. The molecule has 2 aromatic rings. The molecular formula is C16H18N4O2. The molecule has 1 aliphatic carbocycles. The third-order valence-electron chi connectivity index (χ3n) is 3.44. The Hall–Kier alpha value is -2.63. The second-order valence-electron chi connectivity index (χ2n) is 5.25. The third kappa shape index (κ3) is 3.72. The molecule has 6 heteroatoms. The molecule has 0 bridgehead atoms. The van der Waals surface area contributed by atoms with Gasteiger partial charge in [0.05, 0.1) is 7.11 Å². The van der Waals surface area contributed by atoms with Crippen LogP contribution in [0, 0.1) is 0 Å². The Morgan fingerprint density at radius 2 is 1.95 bits per heavy atom. The lowest BCUT2D eigenvalue weighted by molar-refractivity contribution is 0.0945. The van der Waals surface area contributed by atoms with E-state index in [4.69, 9.17) is 4.74 Å². The number of benzene rings is 1. The summed E-state index contributed by atoms with van der Waals surface area (Å²) in [7, 11) is 1.64. The fourth-order valence-electron chi connectivity index (χ4n) is 1.97. The van der Waals surface area contributed by atoms with Gasteiger partial charge in [-0.1, -0.05) is 12.1 Å². The predicted molar refractivity (Wildman–Crippen MR) is 82.8 cm³/mol. The van der Waals surface area contributed by atoms with Crippen LogP contribution in [0.15, 0.2) is 36.4 Å². The summed E-state index contributed by atoms with van der Waals surface area (Å²) in [6.07, 6.45) is 2.11. The first-order valence-electron chi connectivity index (χ1n) is 7.26. The van der Waals surface area contributed by atoms with E-state index < -0.39 is 0 Å². The molecule has 1 aromatic carbocycles. The van der Waals surface area contributed by atoms with E-state index in [0.717, 1.165) is 24.2 Å². The van der Waals surface area contributed by atoms with Crippen LogP contribution in [-0.4, -0.2) is 29.3 Å². The Morgan fingerprint density at radius 1 is 1.18 bits per heavy atom. The Balaban J connectivity index is 1.54. The SMILES string of the molecule is COc1ccc(CNc2ccc(C(=O)NC3CC3)nn2)cc1. The Kier molecular flexibility index (Phi) is 4.18. The van der Waals surface area contributed by atoms with Crippen molar-refractivity contribution in [1.82, 2.24) is 15.5 Å². The molecule has 1 aromatic heterocycles. The van der Waals surface area contributed by atoms with Crippen LogP contribution in [0.3, 0.4) is 0 Å². The monoisotopic (exact) mass is 298 g/mol. The van der Waals surface area contributed by atoms with Crippen molar-refractivity contribution in [3.63, 3.8) is 0 Å². The summed E-state index contributed by atoms with van der Waals surface area (Å²) in [6.45, 7) is 0.631. The van der Waals surface area contributed by atoms with E-state index >= 15 is 0 Å². The van der Waals surface area contributed by atoms with Gasteiger partial charge in [-0.05, 0) is 42.7 Å². The second-order valence-corrected chi connectivity index (χ2v) is 5.25. The molecule has 0 spiro atoms. The van der Waals surface area contributed by atoms with Crippen LogP contribution in [0.1, 0.15) is 28.9 Å². The Labute approximate surface area is 128 Å². The maximum absolute atomic E-state index is 11.8. The normalized spacial score (nSPS) is 13.5. The van der Waals surface area contributed by atoms with Crippen molar-refractivity contribution in [2.75, 3.05) is 12.4 Å². The summed E-state index contributed by atoms with van der Waals surface area (Å²) in [6, 6.07) is 11.6. The highest BCUT2D eigenvalue weighted by Gasteiger charge is 2.24. The molecule has 1 saturated carbocycles. The van der Waals surface area contributed by atoms with Gasteiger partial charge in [-0.25, -0.2) is 0 Å². The molecule has 0 saturated heterocycles. The second kappa shape index (κ2) is 6.43. The molecule has 1 aliphatic rings. The lowest BCUT2D eigenvalue weighted by Gasteiger charge is -2.07. The molecule has 0 aliphatic heterocycles. The molecule has 0 atom stereocenters. The number of rotatable bonds is 6. The van der Waals surface area contributed by atoms with E-state index in [0.29, 0.717) is 24.1 Å². The molecule has 1 amide bonds. The smallest absolute Gasteiger partial charge is 0.272 e. The number of amides is 1. The molecule has 1 heterocycles. The quantitative estimate of drug-likeness (QED) is 0.853. The number of carbonyl (C=O) groups excluding carboxylic acids is 1. The summed E-state index contributed by atoms with van der Waals surface area (Å²) in [5.74, 6) is 1.31. The van der Waals surface area contributed by atoms with Crippen LogP contribution >= 0.6 is 0 Å². The third-order valence-corrected chi connectivity index (χ3v) is 3.44. The van der Waals surface area contributed by atoms with Gasteiger partial charge in [-0.3, -0.25) is 4.79 Å². The summed E-state index contributed by atoms with van der Waals surface area (Å²) >= 11 is 0. The van der Waals surface area contributed by atoms with E-state index in [1.54, 1.807) is 19.2 Å². The zero-order chi connectivity index (χ0) is 15.4. The van der Waals surface area contributed by atoms with Gasteiger partial charge in [0.1, 0.15) is 11.6 Å². The number of nitrogens with one attached hydrogen (secondary N) is 2. The van der Waals surface area contributed by atoms with Crippen molar-refractivity contribution in [2.45, 2.75) is 25.4 Å². The van der Waals surface area contributed by atoms with Gasteiger partial charge >= 0.3 is 0 Å². The number of anilines is 1. The van der Waals surface area contributed by atoms with Crippen molar-refractivity contribution < 1.29 is 9.53 Å². The number of ether oxygens (including phenoxy) is 1. The van der Waals surface area contributed by atoms with Gasteiger partial charge in [0, 0.05) is 12.6 Å². The molecule has 0 radical (unpaired) electrons. The fraction of sp³-hybridized carbons (Fsp3) is 0.312. The van der Waals surface area contributed by atoms with Crippen molar-refractivity contribution in [1.29, 1.82) is 0 Å². The average Bonchev–Trinajstić information content (AvgIpc) is 3.38. The van der Waals surface area contributed by atoms with Crippen molar-refractivity contribution in [3.05, 3.63) is 47.7 Å². The number of hydrogen-bond acceptors (Lipinski definition) is 5. The van der Waals surface area contributed by atoms with Crippen LogP contribution in [0.25, 0.3) is 0 Å². The van der Waals surface area contributed by atoms with Crippen LogP contribution in [0.5, 0.6) is 5.75 Å². The summed E-state index contributed by atoms with van der Waals surface area (Å²) in [5, 5.41) is 14.0. The van der Waals surface area contributed by atoms with Crippen molar-refractivity contribution >= 4 is 11.7 Å². The zero-order valence-corrected chi connectivity index (χ0v) is 12.4. The first kappa shape index (κ1) is 14.3. The number of nitrogens with zero attached hydrogens (tertiary/aromatic N) is 2. The number of hydrogen-bond donors (Lipinski definition) is 2. The molecule has 3 rings (SSSR count). The average molecular weight is 298 g/mol. The maximum atomic E-state index is 11.8. The molecule has 1 fully saturated rings. The van der Waals surface area contributed by atoms with Crippen LogP contribution in [0.4, 0.5) is 5.82 Å². The van der Waals surface area contributed by atoms with E-state index in [9.17, 15) is 4.79 Å². The molecule has 2 N–H and O–H groups in total. The van der Waals surface area contributed by atoms with Crippen molar-refractivity contribution in [2.24, 2.45) is 0 Å². The van der Waals surface area contributed by atoms with Gasteiger partial charge in [-0.2, -0.15) is 0 Å². The molecule has 114 valence electrons. The van der Waals surface area contributed by atoms with Gasteiger partial charge in [0.15, 0.2) is 5.69 Å². The molecular weight excluding hydrogens is 280 g/mol. The van der Waals surface area contributed by atoms with E-state index in [1.807, 2.05) is 24.3 Å². The zero-order valence-electron chi connectivity index (χ0n) is 12.4. The highest BCUT2D eigenvalue weighted by Crippen LogP contribution is 2.19. The van der Waals surface area contributed by atoms with Gasteiger partial charge in [-0.15, -0.1) is 10.2 Å². The Morgan fingerprint density at radius 3 is 2.55 bits per heavy atom. The Bertz CT molecular complexity index is 636. The number of aromatic nitrogens is 2. The standard InChI is InChI=1S/C16H18N4O2/c1-22-13-6-2-11(3-7-13)10-17-15-9-8-14(19-20-15)16(21)18-12-4-5-12/h2-3,6-9,12H,4-5,10H2,1H3,(H,17,20)(H,18,21). The minimum atomic E-state index is -0.156. The topological polar surface area (TPSA) is 76.1 Å². The molecule has 0 unspecified atom stereocenters. The van der Waals surface area contributed by atoms with Gasteiger partial charge < -0.3 is 15.4 Å². The highest BCUT2D eigenvalue weighted by molar-refractivity contribution is 5.92. The first-order valence-corrected chi connectivity index (χ1v) is 7.26. The van der Waals surface area contributed by atoms with Crippen LogP contribution < -0.4 is 15.4 Å². The largest absolute Gasteiger partial charge is 0.497 e. The van der Waals surface area contributed by atoms with Crippen LogP contribution in [0.2, 0.25) is 0 Å². The lowest BCUT2D eigenvalue weighted by Crippen LogP contribution is -2.26. The lowest BCUT2D eigenvalue weighted by atomic mass is 10.2. The first-order chi connectivity index (χ1) is 10.7.